The highest BCUT2D eigenvalue weighted by Crippen LogP contribution is 2.26. The lowest BCUT2D eigenvalue weighted by molar-refractivity contribution is 0.485. The third-order valence-corrected chi connectivity index (χ3v) is 5.49. The Morgan fingerprint density at radius 2 is 2.10 bits per heavy atom. The molecule has 1 aliphatic heterocycles. The van der Waals surface area contributed by atoms with Crippen LogP contribution in [0.3, 0.4) is 0 Å². The number of hydrogen-bond acceptors (Lipinski definition) is 6. The summed E-state index contributed by atoms with van der Waals surface area (Å²) >= 11 is 6.03. The standard InChI is InChI=1S/C21H20ClN5O2/c1-12-9-26(6-5-23-12)15-4-3-14-7-18(29-21(28)16(14)8-15)17-10-27-11-19(22)24-13(2)20(27)25-17/h3-4,7-8,10-12,23H,5-6,9H2,1-2H3/t12-/m1/s1. The zero-order valence-electron chi connectivity index (χ0n) is 16.1. The van der Waals surface area contributed by atoms with Crippen molar-refractivity contribution in [1.82, 2.24) is 19.7 Å². The first-order chi connectivity index (χ1) is 14.0. The van der Waals surface area contributed by atoms with Crippen LogP contribution >= 0.6 is 11.6 Å². The molecule has 1 fully saturated rings. The van der Waals surface area contributed by atoms with E-state index in [1.54, 1.807) is 16.8 Å². The molecule has 148 valence electrons. The van der Waals surface area contributed by atoms with E-state index in [4.69, 9.17) is 16.0 Å². The summed E-state index contributed by atoms with van der Waals surface area (Å²) in [5.41, 5.74) is 2.62. The summed E-state index contributed by atoms with van der Waals surface area (Å²) in [7, 11) is 0. The van der Waals surface area contributed by atoms with E-state index in [9.17, 15) is 4.79 Å². The minimum atomic E-state index is -0.368. The van der Waals surface area contributed by atoms with Crippen molar-refractivity contribution >= 4 is 33.7 Å². The predicted molar refractivity (Wildman–Crippen MR) is 114 cm³/mol. The van der Waals surface area contributed by atoms with Crippen molar-refractivity contribution in [2.75, 3.05) is 24.5 Å². The van der Waals surface area contributed by atoms with Gasteiger partial charge < -0.3 is 19.0 Å². The minimum absolute atomic E-state index is 0.368. The van der Waals surface area contributed by atoms with Gasteiger partial charge in [-0.25, -0.2) is 14.8 Å². The van der Waals surface area contributed by atoms with E-state index in [2.05, 4.69) is 33.2 Å². The molecule has 29 heavy (non-hydrogen) atoms. The van der Waals surface area contributed by atoms with E-state index in [0.717, 1.165) is 30.7 Å². The Labute approximate surface area is 171 Å². The van der Waals surface area contributed by atoms with Gasteiger partial charge in [0.1, 0.15) is 10.8 Å². The number of nitrogens with zero attached hydrogens (tertiary/aromatic N) is 4. The largest absolute Gasteiger partial charge is 0.421 e. The smallest absolute Gasteiger partial charge is 0.344 e. The van der Waals surface area contributed by atoms with Crippen molar-refractivity contribution in [1.29, 1.82) is 0 Å². The Hall–Kier alpha value is -2.90. The first-order valence-corrected chi connectivity index (χ1v) is 9.94. The molecule has 8 heteroatoms. The molecule has 1 saturated heterocycles. The van der Waals surface area contributed by atoms with Crippen LogP contribution < -0.4 is 15.8 Å². The number of nitrogens with one attached hydrogen (secondary N) is 1. The van der Waals surface area contributed by atoms with Crippen LogP contribution in [-0.4, -0.2) is 40.0 Å². The zero-order valence-corrected chi connectivity index (χ0v) is 16.9. The maximum atomic E-state index is 12.7. The number of anilines is 1. The number of piperazine rings is 1. The summed E-state index contributed by atoms with van der Waals surface area (Å²) in [4.78, 5) is 23.8. The highest BCUT2D eigenvalue weighted by atomic mass is 35.5. The normalized spacial score (nSPS) is 17.3. The molecule has 0 amide bonds. The molecule has 0 unspecified atom stereocenters. The molecular weight excluding hydrogens is 390 g/mol. The molecule has 1 N–H and O–H groups in total. The van der Waals surface area contributed by atoms with Gasteiger partial charge in [-0.1, -0.05) is 17.7 Å². The Morgan fingerprint density at radius 1 is 1.24 bits per heavy atom. The molecule has 5 rings (SSSR count). The second kappa shape index (κ2) is 6.86. The van der Waals surface area contributed by atoms with Crippen LogP contribution in [0.5, 0.6) is 0 Å². The monoisotopic (exact) mass is 409 g/mol. The second-order valence-electron chi connectivity index (χ2n) is 7.48. The van der Waals surface area contributed by atoms with Crippen LogP contribution in [0.1, 0.15) is 12.6 Å². The van der Waals surface area contributed by atoms with Gasteiger partial charge in [0.25, 0.3) is 0 Å². The lowest BCUT2D eigenvalue weighted by atomic mass is 10.1. The van der Waals surface area contributed by atoms with Gasteiger partial charge in [0, 0.05) is 43.8 Å². The van der Waals surface area contributed by atoms with E-state index in [-0.39, 0.29) is 5.63 Å². The summed E-state index contributed by atoms with van der Waals surface area (Å²) < 4.78 is 7.41. The lowest BCUT2D eigenvalue weighted by Gasteiger charge is -2.33. The number of hydrogen-bond donors (Lipinski definition) is 1. The minimum Gasteiger partial charge on any atom is -0.421 e. The molecule has 3 aromatic heterocycles. The summed E-state index contributed by atoms with van der Waals surface area (Å²) in [5.74, 6) is 0.422. The summed E-state index contributed by atoms with van der Waals surface area (Å²) in [6.07, 6.45) is 3.47. The molecule has 1 aliphatic rings. The fourth-order valence-corrected chi connectivity index (χ4v) is 4.13. The third-order valence-electron chi connectivity index (χ3n) is 5.31. The average Bonchev–Trinajstić information content (AvgIpc) is 3.12. The zero-order chi connectivity index (χ0) is 20.1. The SMILES string of the molecule is Cc1nc(Cl)cn2cc(-c3cc4ccc(N5CCN[C@H](C)C5)cc4c(=O)o3)nc12. The number of halogens is 1. The van der Waals surface area contributed by atoms with Gasteiger partial charge in [-0.2, -0.15) is 0 Å². The maximum Gasteiger partial charge on any atom is 0.344 e. The first kappa shape index (κ1) is 18.1. The first-order valence-electron chi connectivity index (χ1n) is 9.56. The van der Waals surface area contributed by atoms with Crippen molar-refractivity contribution in [2.45, 2.75) is 19.9 Å². The van der Waals surface area contributed by atoms with Crippen molar-refractivity contribution in [3.8, 4) is 11.5 Å². The number of benzene rings is 1. The maximum absolute atomic E-state index is 12.7. The summed E-state index contributed by atoms with van der Waals surface area (Å²) in [6, 6.07) is 8.21. The van der Waals surface area contributed by atoms with E-state index in [1.807, 2.05) is 25.1 Å². The number of imidazole rings is 1. The quantitative estimate of drug-likeness (QED) is 0.547. The highest BCUT2D eigenvalue weighted by Gasteiger charge is 2.18. The fraction of sp³-hybridized carbons (Fsp3) is 0.286. The van der Waals surface area contributed by atoms with E-state index in [0.29, 0.717) is 39.4 Å². The van der Waals surface area contributed by atoms with Crippen LogP contribution in [0.25, 0.3) is 27.9 Å². The molecule has 0 radical (unpaired) electrons. The Bertz CT molecular complexity index is 1300. The number of aromatic nitrogens is 3. The van der Waals surface area contributed by atoms with Crippen molar-refractivity contribution in [3.63, 3.8) is 0 Å². The van der Waals surface area contributed by atoms with Crippen molar-refractivity contribution < 1.29 is 4.42 Å². The summed E-state index contributed by atoms with van der Waals surface area (Å²) in [6.45, 7) is 6.75. The van der Waals surface area contributed by atoms with Gasteiger partial charge in [0.05, 0.1) is 11.1 Å². The van der Waals surface area contributed by atoms with Gasteiger partial charge in [0.15, 0.2) is 11.4 Å². The number of aryl methyl sites for hydroxylation is 1. The summed E-state index contributed by atoms with van der Waals surface area (Å²) in [5, 5.41) is 5.21. The third kappa shape index (κ3) is 3.26. The van der Waals surface area contributed by atoms with Crippen LogP contribution in [-0.2, 0) is 0 Å². The number of rotatable bonds is 2. The Kier molecular flexibility index (Phi) is 4.29. The molecule has 0 bridgehead atoms. The van der Waals surface area contributed by atoms with E-state index < -0.39 is 0 Å². The molecule has 0 aliphatic carbocycles. The van der Waals surface area contributed by atoms with Gasteiger partial charge in [0.2, 0.25) is 0 Å². The molecule has 7 nitrogen and oxygen atoms in total. The van der Waals surface area contributed by atoms with Crippen LogP contribution in [0.4, 0.5) is 5.69 Å². The van der Waals surface area contributed by atoms with Crippen molar-refractivity contribution in [3.05, 3.63) is 57.9 Å². The van der Waals surface area contributed by atoms with Gasteiger partial charge in [-0.15, -0.1) is 0 Å². The molecule has 1 aromatic carbocycles. The molecule has 0 saturated carbocycles. The number of fused-ring (bicyclic) bond motifs is 2. The molecule has 4 aromatic rings. The fourth-order valence-electron chi connectivity index (χ4n) is 3.89. The van der Waals surface area contributed by atoms with Gasteiger partial charge >= 0.3 is 5.63 Å². The molecule has 0 spiro atoms. The van der Waals surface area contributed by atoms with Crippen molar-refractivity contribution in [2.24, 2.45) is 0 Å². The van der Waals surface area contributed by atoms with Crippen LogP contribution in [0, 0.1) is 6.92 Å². The predicted octanol–water partition coefficient (Wildman–Crippen LogP) is 3.26. The highest BCUT2D eigenvalue weighted by molar-refractivity contribution is 6.29. The molecule has 4 heterocycles. The van der Waals surface area contributed by atoms with E-state index in [1.165, 1.54) is 0 Å². The van der Waals surface area contributed by atoms with Gasteiger partial charge in [-0.05, 0) is 37.4 Å². The average molecular weight is 410 g/mol. The van der Waals surface area contributed by atoms with Crippen LogP contribution in [0.15, 0.2) is 45.9 Å². The Morgan fingerprint density at radius 3 is 2.93 bits per heavy atom. The topological polar surface area (TPSA) is 75.7 Å². The molecule has 1 atom stereocenters. The second-order valence-corrected chi connectivity index (χ2v) is 7.86. The molecular formula is C21H20ClN5O2. The Balaban J connectivity index is 1.57. The van der Waals surface area contributed by atoms with Crippen LogP contribution in [0.2, 0.25) is 5.15 Å². The lowest BCUT2D eigenvalue weighted by Crippen LogP contribution is -2.49. The van der Waals surface area contributed by atoms with E-state index >= 15 is 0 Å². The van der Waals surface area contributed by atoms with Gasteiger partial charge in [-0.3, -0.25) is 0 Å².